The second-order valence-corrected chi connectivity index (χ2v) is 5.20. The van der Waals surface area contributed by atoms with Crippen molar-refractivity contribution in [2.75, 3.05) is 6.61 Å². The van der Waals surface area contributed by atoms with Gasteiger partial charge >= 0.3 is 0 Å². The van der Waals surface area contributed by atoms with Crippen molar-refractivity contribution in [2.24, 2.45) is 17.8 Å². The lowest BCUT2D eigenvalue weighted by atomic mass is 9.82. The highest BCUT2D eigenvalue weighted by Crippen LogP contribution is 2.44. The Labute approximate surface area is 92.0 Å². The third kappa shape index (κ3) is 2.11. The van der Waals surface area contributed by atoms with Gasteiger partial charge in [0.15, 0.2) is 0 Å². The van der Waals surface area contributed by atoms with Crippen molar-refractivity contribution in [3.05, 3.63) is 12.2 Å². The lowest BCUT2D eigenvalue weighted by Crippen LogP contribution is -2.31. The Morgan fingerprint density at radius 3 is 2.47 bits per heavy atom. The fourth-order valence-corrected chi connectivity index (χ4v) is 3.51. The van der Waals surface area contributed by atoms with E-state index in [0.29, 0.717) is 5.92 Å². The molecule has 4 atom stereocenters. The van der Waals surface area contributed by atoms with E-state index in [1.165, 1.54) is 32.1 Å². The van der Waals surface area contributed by atoms with Gasteiger partial charge in [-0.05, 0) is 30.3 Å². The van der Waals surface area contributed by atoms with Gasteiger partial charge in [0.05, 0.1) is 12.7 Å². The fourth-order valence-electron chi connectivity index (χ4n) is 3.51. The minimum Gasteiger partial charge on any atom is -0.392 e. The monoisotopic (exact) mass is 210 g/mol. The van der Waals surface area contributed by atoms with E-state index >= 15 is 0 Å². The van der Waals surface area contributed by atoms with Crippen molar-refractivity contribution in [1.82, 2.24) is 0 Å². The van der Waals surface area contributed by atoms with E-state index in [2.05, 4.69) is 6.58 Å². The highest BCUT2D eigenvalue weighted by atomic mass is 16.3. The molecule has 0 radical (unpaired) electrons. The van der Waals surface area contributed by atoms with Gasteiger partial charge in [0.25, 0.3) is 0 Å². The zero-order valence-electron chi connectivity index (χ0n) is 9.36. The molecule has 0 spiro atoms. The first kappa shape index (κ1) is 11.2. The van der Waals surface area contributed by atoms with Crippen LogP contribution in [0.3, 0.4) is 0 Å². The van der Waals surface area contributed by atoms with Crippen LogP contribution in [0.25, 0.3) is 0 Å². The average molecular weight is 210 g/mol. The zero-order chi connectivity index (χ0) is 10.8. The fraction of sp³-hybridized carbons (Fsp3) is 0.846. The van der Waals surface area contributed by atoms with Crippen molar-refractivity contribution in [3.8, 4) is 0 Å². The standard InChI is InChI=1S/C13H22O2/c1-9(8-14)11-6-2-4-10-5-3-7-12(10)13(11)15/h10-15H,1-8H2/t10-,11+,12-,13-/m1/s1. The Hall–Kier alpha value is -0.340. The number of aliphatic hydroxyl groups excluding tert-OH is 2. The van der Waals surface area contributed by atoms with Crippen LogP contribution in [0.15, 0.2) is 12.2 Å². The molecule has 2 N–H and O–H groups in total. The van der Waals surface area contributed by atoms with Crippen molar-refractivity contribution in [1.29, 1.82) is 0 Å². The largest absolute Gasteiger partial charge is 0.392 e. The van der Waals surface area contributed by atoms with Crippen LogP contribution < -0.4 is 0 Å². The highest BCUT2D eigenvalue weighted by Gasteiger charge is 2.39. The minimum atomic E-state index is -0.250. The van der Waals surface area contributed by atoms with Gasteiger partial charge in [0.2, 0.25) is 0 Å². The average Bonchev–Trinajstić information content (AvgIpc) is 2.65. The molecule has 86 valence electrons. The van der Waals surface area contributed by atoms with E-state index in [9.17, 15) is 5.11 Å². The number of hydrogen-bond donors (Lipinski definition) is 2. The van der Waals surface area contributed by atoms with Gasteiger partial charge in [-0.2, -0.15) is 0 Å². The number of hydrogen-bond acceptors (Lipinski definition) is 2. The predicted octanol–water partition coefficient (Wildman–Crippen LogP) is 2.11. The topological polar surface area (TPSA) is 40.5 Å². The summed E-state index contributed by atoms with van der Waals surface area (Å²) in [7, 11) is 0. The van der Waals surface area contributed by atoms with Crippen molar-refractivity contribution < 1.29 is 10.2 Å². The van der Waals surface area contributed by atoms with Crippen molar-refractivity contribution >= 4 is 0 Å². The molecule has 2 fully saturated rings. The lowest BCUT2D eigenvalue weighted by Gasteiger charge is -2.28. The molecule has 0 aromatic rings. The molecular formula is C13H22O2. The molecule has 2 aliphatic carbocycles. The van der Waals surface area contributed by atoms with Gasteiger partial charge in [0, 0.05) is 5.92 Å². The molecule has 0 aromatic heterocycles. The Bertz CT molecular complexity index is 237. The summed E-state index contributed by atoms with van der Waals surface area (Å²) < 4.78 is 0. The third-order valence-electron chi connectivity index (χ3n) is 4.39. The number of aliphatic hydroxyl groups is 2. The maximum absolute atomic E-state index is 10.3. The maximum atomic E-state index is 10.3. The molecular weight excluding hydrogens is 188 g/mol. The van der Waals surface area contributed by atoms with E-state index in [0.717, 1.165) is 17.9 Å². The number of fused-ring (bicyclic) bond motifs is 1. The molecule has 2 nitrogen and oxygen atoms in total. The van der Waals surface area contributed by atoms with Crippen molar-refractivity contribution in [2.45, 2.75) is 44.6 Å². The first-order valence-electron chi connectivity index (χ1n) is 6.20. The summed E-state index contributed by atoms with van der Waals surface area (Å²) >= 11 is 0. The molecule has 0 amide bonds. The Kier molecular flexibility index (Phi) is 3.47. The summed E-state index contributed by atoms with van der Waals surface area (Å²) in [6.45, 7) is 3.92. The van der Waals surface area contributed by atoms with E-state index in [4.69, 9.17) is 5.11 Å². The first-order valence-corrected chi connectivity index (χ1v) is 6.20. The molecule has 0 aromatic carbocycles. The van der Waals surface area contributed by atoms with Crippen LogP contribution >= 0.6 is 0 Å². The maximum Gasteiger partial charge on any atom is 0.0642 e. The summed E-state index contributed by atoms with van der Waals surface area (Å²) in [5.74, 6) is 1.35. The first-order chi connectivity index (χ1) is 7.24. The van der Waals surface area contributed by atoms with E-state index in [1.807, 2.05) is 0 Å². The van der Waals surface area contributed by atoms with Gasteiger partial charge in [-0.15, -0.1) is 0 Å². The van der Waals surface area contributed by atoms with Crippen LogP contribution in [0.4, 0.5) is 0 Å². The summed E-state index contributed by atoms with van der Waals surface area (Å²) in [4.78, 5) is 0. The normalized spacial score (nSPS) is 40.9. The molecule has 0 heterocycles. The Morgan fingerprint density at radius 2 is 1.80 bits per heavy atom. The quantitative estimate of drug-likeness (QED) is 0.685. The zero-order valence-corrected chi connectivity index (χ0v) is 9.36. The van der Waals surface area contributed by atoms with Crippen LogP contribution in [0.2, 0.25) is 0 Å². The second-order valence-electron chi connectivity index (χ2n) is 5.20. The molecule has 2 heteroatoms. The van der Waals surface area contributed by atoms with Crippen LogP contribution in [0.5, 0.6) is 0 Å². The lowest BCUT2D eigenvalue weighted by molar-refractivity contribution is 0.0513. The molecule has 2 aliphatic rings. The third-order valence-corrected chi connectivity index (χ3v) is 4.39. The molecule has 0 unspecified atom stereocenters. The van der Waals surface area contributed by atoms with Gasteiger partial charge in [0.1, 0.15) is 0 Å². The summed E-state index contributed by atoms with van der Waals surface area (Å²) in [6.07, 6.45) is 6.93. The Morgan fingerprint density at radius 1 is 1.13 bits per heavy atom. The predicted molar refractivity (Wildman–Crippen MR) is 60.4 cm³/mol. The van der Waals surface area contributed by atoms with E-state index in [-0.39, 0.29) is 18.6 Å². The van der Waals surface area contributed by atoms with Crippen LogP contribution in [-0.4, -0.2) is 22.9 Å². The molecule has 0 saturated heterocycles. The molecule has 0 aliphatic heterocycles. The molecule has 0 bridgehead atoms. The van der Waals surface area contributed by atoms with E-state index < -0.39 is 0 Å². The van der Waals surface area contributed by atoms with Crippen LogP contribution in [0, 0.1) is 17.8 Å². The van der Waals surface area contributed by atoms with Crippen LogP contribution in [0.1, 0.15) is 38.5 Å². The Balaban J connectivity index is 2.10. The summed E-state index contributed by atoms with van der Waals surface area (Å²) in [6, 6.07) is 0. The van der Waals surface area contributed by atoms with Gasteiger partial charge in [-0.1, -0.05) is 32.3 Å². The molecule has 2 rings (SSSR count). The summed E-state index contributed by atoms with van der Waals surface area (Å²) in [5.41, 5.74) is 0.829. The minimum absolute atomic E-state index is 0.0269. The van der Waals surface area contributed by atoms with Crippen LogP contribution in [-0.2, 0) is 0 Å². The van der Waals surface area contributed by atoms with E-state index in [1.54, 1.807) is 0 Å². The van der Waals surface area contributed by atoms with Gasteiger partial charge < -0.3 is 10.2 Å². The second kappa shape index (κ2) is 4.67. The van der Waals surface area contributed by atoms with Gasteiger partial charge in [-0.25, -0.2) is 0 Å². The summed E-state index contributed by atoms with van der Waals surface area (Å²) in [5, 5.41) is 19.5. The van der Waals surface area contributed by atoms with Gasteiger partial charge in [-0.3, -0.25) is 0 Å². The number of rotatable bonds is 2. The molecule has 2 saturated carbocycles. The van der Waals surface area contributed by atoms with Crippen molar-refractivity contribution in [3.63, 3.8) is 0 Å². The SMILES string of the molecule is C=C(CO)[C@@H]1CCC[C@@H]2CCC[C@H]2[C@@H]1O. The smallest absolute Gasteiger partial charge is 0.0642 e. The highest BCUT2D eigenvalue weighted by molar-refractivity contribution is 5.06. The molecule has 15 heavy (non-hydrogen) atoms.